The van der Waals surface area contributed by atoms with Gasteiger partial charge in [-0.2, -0.15) is 4.57 Å². The van der Waals surface area contributed by atoms with Crippen LogP contribution >= 0.6 is 11.8 Å². The molecule has 2 heterocycles. The van der Waals surface area contributed by atoms with E-state index in [2.05, 4.69) is 57.8 Å². The van der Waals surface area contributed by atoms with Gasteiger partial charge in [0.05, 0.1) is 7.11 Å². The Morgan fingerprint density at radius 2 is 1.82 bits per heavy atom. The van der Waals surface area contributed by atoms with E-state index >= 15 is 0 Å². The molecule has 0 unspecified atom stereocenters. The fourth-order valence-electron chi connectivity index (χ4n) is 2.84. The summed E-state index contributed by atoms with van der Waals surface area (Å²) < 4.78 is 9.95. The van der Waals surface area contributed by atoms with Crippen molar-refractivity contribution in [2.75, 3.05) is 12.9 Å². The lowest BCUT2D eigenvalue weighted by Gasteiger charge is -2.01. The molecule has 0 fully saturated rings. The number of thioether (sulfide) groups is 1. The van der Waals surface area contributed by atoms with Crippen LogP contribution in [0.4, 0.5) is 0 Å². The van der Waals surface area contributed by atoms with Gasteiger partial charge in [-0.05, 0) is 48.2 Å². The van der Waals surface area contributed by atoms with E-state index in [9.17, 15) is 0 Å². The van der Waals surface area contributed by atoms with Gasteiger partial charge >= 0.3 is 5.16 Å². The van der Waals surface area contributed by atoms with Crippen LogP contribution in [-0.2, 0) is 6.54 Å². The van der Waals surface area contributed by atoms with Crippen LogP contribution in [0.3, 0.4) is 0 Å². The van der Waals surface area contributed by atoms with Gasteiger partial charge in [-0.1, -0.05) is 18.2 Å². The van der Waals surface area contributed by atoms with E-state index < -0.39 is 0 Å². The highest BCUT2D eigenvalue weighted by Gasteiger charge is 2.30. The quantitative estimate of drug-likeness (QED) is 0.689. The molecule has 0 N–H and O–H groups in total. The van der Waals surface area contributed by atoms with Crippen molar-refractivity contribution in [3.63, 3.8) is 0 Å². The second kappa shape index (κ2) is 5.54. The van der Waals surface area contributed by atoms with E-state index in [4.69, 9.17) is 4.74 Å². The SMILES string of the molecule is COc1ccc(-c2cn(-c3ccccc3)c3[n+]2CCS3)cc1. The maximum absolute atomic E-state index is 5.26. The standard InChI is InChI=1S/C18H17N2OS/c1-21-16-9-7-14(8-10-16)17-13-20(15-5-3-2-4-6-15)18-19(17)11-12-22-18/h2-10,13H,11-12H2,1H3/q+1. The van der Waals surface area contributed by atoms with E-state index in [-0.39, 0.29) is 0 Å². The topological polar surface area (TPSA) is 18.0 Å². The van der Waals surface area contributed by atoms with Gasteiger partial charge in [0.1, 0.15) is 24.2 Å². The van der Waals surface area contributed by atoms with Crippen molar-refractivity contribution in [3.8, 4) is 22.7 Å². The Bertz CT molecular complexity index is 794. The average molecular weight is 309 g/mol. The molecule has 0 saturated carbocycles. The number of aromatic nitrogens is 2. The van der Waals surface area contributed by atoms with Crippen molar-refractivity contribution in [1.29, 1.82) is 0 Å². The molecule has 3 aromatic rings. The maximum Gasteiger partial charge on any atom is 0.323 e. The molecule has 0 spiro atoms. The van der Waals surface area contributed by atoms with E-state index in [1.54, 1.807) is 7.11 Å². The number of benzene rings is 2. The Kier molecular flexibility index (Phi) is 3.39. The minimum Gasteiger partial charge on any atom is -0.497 e. The monoisotopic (exact) mass is 309 g/mol. The molecule has 0 atom stereocenters. The van der Waals surface area contributed by atoms with Gasteiger partial charge in [-0.3, -0.25) is 0 Å². The lowest BCUT2D eigenvalue weighted by molar-refractivity contribution is -0.713. The van der Waals surface area contributed by atoms with Crippen LogP contribution in [-0.4, -0.2) is 17.4 Å². The molecule has 110 valence electrons. The second-order valence-corrected chi connectivity index (χ2v) is 6.29. The predicted octanol–water partition coefficient (Wildman–Crippen LogP) is 3.55. The first kappa shape index (κ1) is 13.5. The predicted molar refractivity (Wildman–Crippen MR) is 88.7 cm³/mol. The fourth-order valence-corrected chi connectivity index (χ4v) is 3.94. The number of imidazole rings is 1. The number of para-hydroxylation sites is 1. The lowest BCUT2D eigenvalue weighted by atomic mass is 10.1. The third-order valence-electron chi connectivity index (χ3n) is 3.95. The summed E-state index contributed by atoms with van der Waals surface area (Å²) in [7, 11) is 1.70. The van der Waals surface area contributed by atoms with Crippen LogP contribution in [0.15, 0.2) is 66.0 Å². The number of ether oxygens (including phenoxy) is 1. The summed E-state index contributed by atoms with van der Waals surface area (Å²) in [5.74, 6) is 2.02. The Morgan fingerprint density at radius 1 is 1.05 bits per heavy atom. The van der Waals surface area contributed by atoms with E-state index in [1.165, 1.54) is 22.1 Å². The fraction of sp³-hybridized carbons (Fsp3) is 0.167. The Morgan fingerprint density at radius 3 is 2.55 bits per heavy atom. The van der Waals surface area contributed by atoms with Crippen LogP contribution in [0.25, 0.3) is 16.9 Å². The molecule has 0 aliphatic carbocycles. The Balaban J connectivity index is 1.84. The van der Waals surface area contributed by atoms with E-state index in [0.29, 0.717) is 0 Å². The zero-order valence-corrected chi connectivity index (χ0v) is 13.2. The second-order valence-electron chi connectivity index (χ2n) is 5.23. The summed E-state index contributed by atoms with van der Waals surface area (Å²) in [6.07, 6.45) is 2.23. The molecule has 0 bridgehead atoms. The largest absolute Gasteiger partial charge is 0.497 e. The molecule has 2 aromatic carbocycles. The first-order valence-electron chi connectivity index (χ1n) is 7.34. The van der Waals surface area contributed by atoms with Crippen LogP contribution in [0.5, 0.6) is 5.75 Å². The number of rotatable bonds is 3. The summed E-state index contributed by atoms with van der Waals surface area (Å²) in [4.78, 5) is 0. The normalized spacial score (nSPS) is 13.1. The van der Waals surface area contributed by atoms with E-state index in [1.807, 2.05) is 23.9 Å². The number of fused-ring (bicyclic) bond motifs is 1. The summed E-state index contributed by atoms with van der Waals surface area (Å²) in [5.41, 5.74) is 3.69. The zero-order chi connectivity index (χ0) is 14.9. The average Bonchev–Trinajstić information content (AvgIpc) is 3.18. The van der Waals surface area contributed by atoms with Crippen molar-refractivity contribution >= 4 is 11.8 Å². The third kappa shape index (κ3) is 2.20. The van der Waals surface area contributed by atoms with E-state index in [0.717, 1.165) is 18.0 Å². The molecular formula is C18H17N2OS+. The number of hydrogen-bond acceptors (Lipinski definition) is 2. The smallest absolute Gasteiger partial charge is 0.323 e. The van der Waals surface area contributed by atoms with Crippen LogP contribution in [0.1, 0.15) is 0 Å². The summed E-state index contributed by atoms with van der Waals surface area (Å²) in [6, 6.07) is 18.8. The maximum atomic E-state index is 5.26. The molecule has 22 heavy (non-hydrogen) atoms. The summed E-state index contributed by atoms with van der Waals surface area (Å²) in [6.45, 7) is 1.06. The van der Waals surface area contributed by atoms with Crippen molar-refractivity contribution in [1.82, 2.24) is 4.57 Å². The Hall–Kier alpha value is -2.20. The van der Waals surface area contributed by atoms with Crippen molar-refractivity contribution in [2.45, 2.75) is 11.7 Å². The third-order valence-corrected chi connectivity index (χ3v) is 5.01. The minimum absolute atomic E-state index is 0.891. The molecule has 0 radical (unpaired) electrons. The molecule has 1 aliphatic heterocycles. The highest BCUT2D eigenvalue weighted by molar-refractivity contribution is 7.99. The first-order valence-corrected chi connectivity index (χ1v) is 8.33. The molecule has 0 saturated heterocycles. The van der Waals surface area contributed by atoms with Crippen LogP contribution in [0.2, 0.25) is 0 Å². The van der Waals surface area contributed by atoms with Gasteiger partial charge in [0, 0.05) is 11.3 Å². The van der Waals surface area contributed by atoms with Crippen molar-refractivity contribution in [3.05, 3.63) is 60.8 Å². The summed E-state index contributed by atoms with van der Waals surface area (Å²) >= 11 is 1.91. The van der Waals surface area contributed by atoms with Crippen molar-refractivity contribution in [2.24, 2.45) is 0 Å². The first-order chi connectivity index (χ1) is 10.9. The number of nitrogens with zero attached hydrogens (tertiary/aromatic N) is 2. The molecule has 0 amide bonds. The van der Waals surface area contributed by atoms with Gasteiger partial charge in [-0.15, -0.1) is 0 Å². The highest BCUT2D eigenvalue weighted by atomic mass is 32.2. The van der Waals surface area contributed by atoms with Crippen LogP contribution in [0, 0.1) is 0 Å². The highest BCUT2D eigenvalue weighted by Crippen LogP contribution is 2.29. The molecule has 3 nitrogen and oxygen atoms in total. The lowest BCUT2D eigenvalue weighted by Crippen LogP contribution is -2.33. The van der Waals surface area contributed by atoms with Crippen LogP contribution < -0.4 is 9.30 Å². The van der Waals surface area contributed by atoms with Gasteiger partial charge in [-0.25, -0.2) is 4.57 Å². The molecular weight excluding hydrogens is 292 g/mol. The van der Waals surface area contributed by atoms with Gasteiger partial charge in [0.15, 0.2) is 5.69 Å². The molecule has 4 heteroatoms. The molecule has 1 aromatic heterocycles. The summed E-state index contributed by atoms with van der Waals surface area (Å²) in [5, 5.41) is 1.30. The van der Waals surface area contributed by atoms with Gasteiger partial charge < -0.3 is 4.74 Å². The van der Waals surface area contributed by atoms with Crippen molar-refractivity contribution < 1.29 is 9.30 Å². The Labute approximate surface area is 134 Å². The molecule has 1 aliphatic rings. The van der Waals surface area contributed by atoms with Gasteiger partial charge in [0.25, 0.3) is 0 Å². The van der Waals surface area contributed by atoms with Gasteiger partial charge in [0.2, 0.25) is 0 Å². The zero-order valence-electron chi connectivity index (χ0n) is 12.4. The molecule has 4 rings (SSSR count). The minimum atomic E-state index is 0.891. The number of methoxy groups -OCH3 is 1. The number of hydrogen-bond donors (Lipinski definition) is 0.